The van der Waals surface area contributed by atoms with E-state index in [4.69, 9.17) is 0 Å². The maximum absolute atomic E-state index is 10.2. The Labute approximate surface area is 106 Å². The van der Waals surface area contributed by atoms with E-state index in [0.29, 0.717) is 12.5 Å². The lowest BCUT2D eigenvalue weighted by molar-refractivity contribution is 0.180. The molecule has 2 aromatic heterocycles. The highest BCUT2D eigenvalue weighted by atomic mass is 32.1. The molecule has 1 unspecified atom stereocenters. The molecule has 0 aliphatic carbocycles. The molecule has 2 rings (SSSR count). The third-order valence-corrected chi connectivity index (χ3v) is 3.92. The number of aliphatic hydroxyl groups is 1. The zero-order valence-electron chi connectivity index (χ0n) is 10.4. The van der Waals surface area contributed by atoms with Crippen LogP contribution in [0.4, 0.5) is 0 Å². The number of rotatable bonds is 4. The van der Waals surface area contributed by atoms with Crippen molar-refractivity contribution in [2.75, 3.05) is 0 Å². The molecule has 0 amide bonds. The molecule has 0 fully saturated rings. The van der Waals surface area contributed by atoms with Crippen molar-refractivity contribution in [2.45, 2.75) is 39.3 Å². The normalized spacial score (nSPS) is 13.2. The maximum Gasteiger partial charge on any atom is 0.0940 e. The minimum atomic E-state index is -0.439. The summed E-state index contributed by atoms with van der Waals surface area (Å²) in [5, 5.41) is 16.6. The largest absolute Gasteiger partial charge is 0.387 e. The summed E-state index contributed by atoms with van der Waals surface area (Å²) in [6.45, 7) is 6.22. The van der Waals surface area contributed by atoms with Crippen molar-refractivity contribution in [3.63, 3.8) is 0 Å². The maximum atomic E-state index is 10.2. The SMILES string of the molecule is Cc1ccsc1C(O)Cc1ccn(C(C)C)n1. The van der Waals surface area contributed by atoms with Crippen molar-refractivity contribution >= 4 is 11.3 Å². The van der Waals surface area contributed by atoms with Gasteiger partial charge in [-0.05, 0) is 43.8 Å². The summed E-state index contributed by atoms with van der Waals surface area (Å²) >= 11 is 1.61. The summed E-state index contributed by atoms with van der Waals surface area (Å²) in [6, 6.07) is 4.38. The van der Waals surface area contributed by atoms with Crippen LogP contribution in [0.15, 0.2) is 23.7 Å². The van der Waals surface area contributed by atoms with Crippen molar-refractivity contribution in [3.8, 4) is 0 Å². The number of thiophene rings is 1. The first-order valence-electron chi connectivity index (χ1n) is 5.84. The monoisotopic (exact) mass is 250 g/mol. The molecule has 0 aliphatic heterocycles. The second-order valence-corrected chi connectivity index (χ2v) is 5.52. The van der Waals surface area contributed by atoms with Crippen molar-refractivity contribution in [2.24, 2.45) is 0 Å². The third-order valence-electron chi connectivity index (χ3n) is 2.80. The van der Waals surface area contributed by atoms with Crippen molar-refractivity contribution in [3.05, 3.63) is 39.8 Å². The van der Waals surface area contributed by atoms with Gasteiger partial charge in [-0.25, -0.2) is 0 Å². The molecule has 92 valence electrons. The van der Waals surface area contributed by atoms with E-state index in [1.54, 1.807) is 11.3 Å². The summed E-state index contributed by atoms with van der Waals surface area (Å²) in [6.07, 6.45) is 2.11. The predicted octanol–water partition coefficient (Wildman–Crippen LogP) is 3.11. The van der Waals surface area contributed by atoms with Gasteiger partial charge in [-0.3, -0.25) is 4.68 Å². The predicted molar refractivity (Wildman–Crippen MR) is 70.3 cm³/mol. The van der Waals surface area contributed by atoms with Gasteiger partial charge in [-0.1, -0.05) is 0 Å². The van der Waals surface area contributed by atoms with E-state index in [1.165, 1.54) is 0 Å². The van der Waals surface area contributed by atoms with E-state index in [-0.39, 0.29) is 0 Å². The number of aliphatic hydroxyl groups excluding tert-OH is 1. The smallest absolute Gasteiger partial charge is 0.0940 e. The second kappa shape index (κ2) is 5.02. The fourth-order valence-electron chi connectivity index (χ4n) is 1.79. The summed E-state index contributed by atoms with van der Waals surface area (Å²) in [4.78, 5) is 1.05. The molecule has 3 nitrogen and oxygen atoms in total. The third kappa shape index (κ3) is 2.76. The van der Waals surface area contributed by atoms with Gasteiger partial charge in [0.25, 0.3) is 0 Å². The average molecular weight is 250 g/mol. The highest BCUT2D eigenvalue weighted by molar-refractivity contribution is 7.10. The molecule has 17 heavy (non-hydrogen) atoms. The molecule has 0 aliphatic rings. The van der Waals surface area contributed by atoms with Gasteiger partial charge in [-0.2, -0.15) is 5.10 Å². The number of hydrogen-bond donors (Lipinski definition) is 1. The summed E-state index contributed by atoms with van der Waals surface area (Å²) in [5.74, 6) is 0. The van der Waals surface area contributed by atoms with Crippen LogP contribution in [-0.2, 0) is 6.42 Å². The van der Waals surface area contributed by atoms with Crippen LogP contribution < -0.4 is 0 Å². The van der Waals surface area contributed by atoms with E-state index in [2.05, 4.69) is 18.9 Å². The highest BCUT2D eigenvalue weighted by Gasteiger charge is 2.14. The van der Waals surface area contributed by atoms with Crippen molar-refractivity contribution in [1.82, 2.24) is 9.78 Å². The van der Waals surface area contributed by atoms with E-state index in [9.17, 15) is 5.11 Å². The van der Waals surface area contributed by atoms with Gasteiger partial charge in [0, 0.05) is 23.5 Å². The first-order valence-corrected chi connectivity index (χ1v) is 6.72. The number of hydrogen-bond acceptors (Lipinski definition) is 3. The van der Waals surface area contributed by atoms with Crippen LogP contribution in [0.1, 0.15) is 42.1 Å². The number of nitrogens with zero attached hydrogens (tertiary/aromatic N) is 2. The fourth-order valence-corrected chi connectivity index (χ4v) is 2.70. The molecule has 0 radical (unpaired) electrons. The Hall–Kier alpha value is -1.13. The minimum Gasteiger partial charge on any atom is -0.387 e. The van der Waals surface area contributed by atoms with Gasteiger partial charge < -0.3 is 5.11 Å². The van der Waals surface area contributed by atoms with Crippen LogP contribution in [0.3, 0.4) is 0 Å². The van der Waals surface area contributed by atoms with Gasteiger partial charge in [0.05, 0.1) is 11.8 Å². The molecule has 0 bridgehead atoms. The molecular weight excluding hydrogens is 232 g/mol. The lowest BCUT2D eigenvalue weighted by atomic mass is 10.1. The van der Waals surface area contributed by atoms with E-state index in [0.717, 1.165) is 16.1 Å². The van der Waals surface area contributed by atoms with Crippen LogP contribution in [0.25, 0.3) is 0 Å². The molecule has 0 saturated carbocycles. The summed E-state index contributed by atoms with van der Waals surface area (Å²) in [7, 11) is 0. The van der Waals surface area contributed by atoms with Crippen molar-refractivity contribution < 1.29 is 5.11 Å². The molecule has 2 aromatic rings. The Balaban J connectivity index is 2.08. The summed E-state index contributed by atoms with van der Waals surface area (Å²) in [5.41, 5.74) is 2.10. The van der Waals surface area contributed by atoms with E-state index < -0.39 is 6.10 Å². The van der Waals surface area contributed by atoms with E-state index in [1.807, 2.05) is 35.3 Å². The molecule has 4 heteroatoms. The molecule has 1 atom stereocenters. The van der Waals surface area contributed by atoms with Gasteiger partial charge in [-0.15, -0.1) is 11.3 Å². The zero-order valence-corrected chi connectivity index (χ0v) is 11.2. The average Bonchev–Trinajstić information content (AvgIpc) is 2.86. The summed E-state index contributed by atoms with van der Waals surface area (Å²) < 4.78 is 1.92. The topological polar surface area (TPSA) is 38.0 Å². The van der Waals surface area contributed by atoms with Gasteiger partial charge in [0.2, 0.25) is 0 Å². The Bertz CT molecular complexity index is 487. The number of aryl methyl sites for hydroxylation is 1. The van der Waals surface area contributed by atoms with Crippen LogP contribution in [0.5, 0.6) is 0 Å². The highest BCUT2D eigenvalue weighted by Crippen LogP contribution is 2.26. The molecule has 0 saturated heterocycles. The Kier molecular flexibility index (Phi) is 3.64. The van der Waals surface area contributed by atoms with Gasteiger partial charge >= 0.3 is 0 Å². The van der Waals surface area contributed by atoms with Crippen molar-refractivity contribution in [1.29, 1.82) is 0 Å². The quantitative estimate of drug-likeness (QED) is 0.905. The molecule has 2 heterocycles. The van der Waals surface area contributed by atoms with E-state index >= 15 is 0 Å². The zero-order chi connectivity index (χ0) is 12.4. The lowest BCUT2D eigenvalue weighted by Gasteiger charge is -2.08. The van der Waals surface area contributed by atoms with Crippen LogP contribution in [-0.4, -0.2) is 14.9 Å². The second-order valence-electron chi connectivity index (χ2n) is 4.57. The molecular formula is C13H18N2OS. The first kappa shape index (κ1) is 12.3. The van der Waals surface area contributed by atoms with Crippen LogP contribution >= 0.6 is 11.3 Å². The minimum absolute atomic E-state index is 0.365. The number of aromatic nitrogens is 2. The molecule has 0 aromatic carbocycles. The Morgan fingerprint density at radius 1 is 1.41 bits per heavy atom. The standard InChI is InChI=1S/C13H18N2OS/c1-9(2)15-6-4-11(14-15)8-12(16)13-10(3)5-7-17-13/h4-7,9,12,16H,8H2,1-3H3. The van der Waals surface area contributed by atoms with Crippen LogP contribution in [0.2, 0.25) is 0 Å². The van der Waals surface area contributed by atoms with Gasteiger partial charge in [0.15, 0.2) is 0 Å². The van der Waals surface area contributed by atoms with Crippen LogP contribution in [0, 0.1) is 6.92 Å². The lowest BCUT2D eigenvalue weighted by Crippen LogP contribution is -2.05. The first-order chi connectivity index (χ1) is 8.08. The Morgan fingerprint density at radius 2 is 2.18 bits per heavy atom. The Morgan fingerprint density at radius 3 is 2.71 bits per heavy atom. The molecule has 1 N–H and O–H groups in total. The molecule has 0 spiro atoms. The van der Waals surface area contributed by atoms with Gasteiger partial charge in [0.1, 0.15) is 0 Å². The fraction of sp³-hybridized carbons (Fsp3) is 0.462.